The monoisotopic (exact) mass is 197 g/mol. The van der Waals surface area contributed by atoms with E-state index in [4.69, 9.17) is 20.4 Å². The van der Waals surface area contributed by atoms with Crippen LogP contribution in [0, 0.1) is 10.1 Å². The fraction of sp³-hybridized carbons (Fsp3) is 1.00. The van der Waals surface area contributed by atoms with Crippen molar-refractivity contribution < 1.29 is 34.9 Å². The molecule has 46 valence electrons. The van der Waals surface area contributed by atoms with Crippen molar-refractivity contribution in [3.05, 3.63) is 10.1 Å². The van der Waals surface area contributed by atoms with Crippen LogP contribution in [0.3, 0.4) is 0 Å². The van der Waals surface area contributed by atoms with E-state index in [2.05, 4.69) is 0 Å². The Morgan fingerprint density at radius 1 is 1.57 bits per heavy atom. The molecule has 0 bridgehead atoms. The molecule has 0 atom stereocenters. The Hall–Kier alpha value is -0.217. The average molecular weight is 196 g/mol. The van der Waals surface area contributed by atoms with E-state index < -0.39 is 5.09 Å². The molecule has 0 spiro atoms. The van der Waals surface area contributed by atoms with Crippen LogP contribution in [0.2, 0.25) is 0 Å². The molecule has 0 aliphatic rings. The van der Waals surface area contributed by atoms with Gasteiger partial charge in [0.1, 0.15) is 0 Å². The first-order valence-corrected chi connectivity index (χ1v) is 1.01. The van der Waals surface area contributed by atoms with Crippen LogP contribution in [0.5, 0.6) is 0 Å². The largest absolute Gasteiger partial charge is 0.400 e. The van der Waals surface area contributed by atoms with Gasteiger partial charge in [0.25, 0.3) is 5.09 Å². The summed E-state index contributed by atoms with van der Waals surface area (Å²) in [6.07, 6.45) is 0. The number of aliphatic hydroxyl groups is 1. The summed E-state index contributed by atoms with van der Waals surface area (Å²) >= 11 is 0. The molecule has 0 aliphatic heterocycles. The van der Waals surface area contributed by atoms with E-state index >= 15 is 0 Å². The van der Waals surface area contributed by atoms with Gasteiger partial charge in [0.15, 0.2) is 0 Å². The Labute approximate surface area is 52.8 Å². The van der Waals surface area contributed by atoms with Gasteiger partial charge in [0, 0.05) is 26.6 Å². The van der Waals surface area contributed by atoms with Gasteiger partial charge >= 0.3 is 0 Å². The maximum Gasteiger partial charge on any atom is 0.291 e. The first-order chi connectivity index (χ1) is 2.73. The smallest absolute Gasteiger partial charge is 0.291 e. The Morgan fingerprint density at radius 3 is 1.57 bits per heavy atom. The summed E-state index contributed by atoms with van der Waals surface area (Å²) in [6, 6.07) is 0. The van der Waals surface area contributed by atoms with Crippen LogP contribution in [0.4, 0.5) is 0 Å². The molecule has 0 unspecified atom stereocenters. The molecule has 0 amide bonds. The maximum absolute atomic E-state index is 8.36. The molecule has 0 aromatic rings. The van der Waals surface area contributed by atoms with Gasteiger partial charge in [-0.25, -0.2) is 0 Å². The van der Waals surface area contributed by atoms with Gasteiger partial charge in [-0.05, 0) is 0 Å². The molecular weight excluding hydrogens is 191 g/mol. The minimum atomic E-state index is -1.50. The minimum Gasteiger partial charge on any atom is -0.400 e. The van der Waals surface area contributed by atoms with Crippen molar-refractivity contribution in [1.82, 2.24) is 0 Å². The van der Waals surface area contributed by atoms with E-state index in [0.717, 1.165) is 7.11 Å². The average Bonchev–Trinajstić information content (AvgIpc) is 1.41. The first kappa shape index (κ1) is 15.9. The molecule has 2 N–H and O–H groups in total. The number of nitrogens with zero attached hydrogens (tertiary/aromatic N) is 1. The molecule has 0 saturated heterocycles. The zero-order chi connectivity index (χ0) is 5.58. The van der Waals surface area contributed by atoms with Gasteiger partial charge in [-0.15, -0.1) is 10.1 Å². The molecule has 5 nitrogen and oxygen atoms in total. The molecule has 0 radical (unpaired) electrons. The second-order valence-corrected chi connectivity index (χ2v) is 0.238. The second kappa shape index (κ2) is 17.1. The van der Waals surface area contributed by atoms with Gasteiger partial charge in [-0.2, -0.15) is 0 Å². The predicted molar refractivity (Wildman–Crippen MR) is 16.9 cm³/mol. The van der Waals surface area contributed by atoms with E-state index in [1.165, 1.54) is 0 Å². The minimum absolute atomic E-state index is 0. The van der Waals surface area contributed by atoms with Crippen molar-refractivity contribution in [2.24, 2.45) is 0 Å². The topological polar surface area (TPSA) is 83.6 Å². The Bertz CT molecular complexity index is 34.7. The van der Waals surface area contributed by atoms with Crippen molar-refractivity contribution >= 4 is 0 Å². The SMILES string of the molecule is CO.O=[N+]([O-])O.[Ru]. The van der Waals surface area contributed by atoms with Gasteiger partial charge in [0.05, 0.1) is 0 Å². The zero-order valence-corrected chi connectivity index (χ0v) is 5.25. The van der Waals surface area contributed by atoms with Gasteiger partial charge in [0.2, 0.25) is 0 Å². The molecule has 0 fully saturated rings. The number of aliphatic hydroxyl groups excluding tert-OH is 1. The summed E-state index contributed by atoms with van der Waals surface area (Å²) in [6.45, 7) is 0. The third-order valence-electron chi connectivity index (χ3n) is 0. The molecule has 0 aromatic heterocycles. The van der Waals surface area contributed by atoms with Crippen LogP contribution < -0.4 is 0 Å². The maximum atomic E-state index is 8.36. The predicted octanol–water partition coefficient (Wildman–Crippen LogP) is -0.742. The molecule has 7 heavy (non-hydrogen) atoms. The quantitative estimate of drug-likeness (QED) is 0.303. The molecule has 0 heterocycles. The summed E-state index contributed by atoms with van der Waals surface area (Å²) in [7, 11) is 1.00. The fourth-order valence-electron chi connectivity index (χ4n) is 0. The fourth-order valence-corrected chi connectivity index (χ4v) is 0. The van der Waals surface area contributed by atoms with Crippen LogP contribution in [-0.4, -0.2) is 22.5 Å². The summed E-state index contributed by atoms with van der Waals surface area (Å²) in [4.78, 5) is 8.36. The van der Waals surface area contributed by atoms with Crippen LogP contribution in [0.25, 0.3) is 0 Å². The summed E-state index contributed by atoms with van der Waals surface area (Å²) in [5, 5.41) is 20.6. The van der Waals surface area contributed by atoms with Gasteiger partial charge < -0.3 is 10.3 Å². The summed E-state index contributed by atoms with van der Waals surface area (Å²) in [5.74, 6) is 0. The molecule has 0 aliphatic carbocycles. The number of hydrogen-bond acceptors (Lipinski definition) is 3. The standard InChI is InChI=1S/CH4O.HNO3.Ru/c1-2;2-1(3)4;/h2H,1H3;(H,2,3,4);. The van der Waals surface area contributed by atoms with Crippen molar-refractivity contribution in [3.8, 4) is 0 Å². The van der Waals surface area contributed by atoms with E-state index in [1.54, 1.807) is 0 Å². The Balaban J connectivity index is -0.0000000480. The van der Waals surface area contributed by atoms with Gasteiger partial charge in [-0.3, -0.25) is 0 Å². The van der Waals surface area contributed by atoms with Crippen molar-refractivity contribution in [2.75, 3.05) is 7.11 Å². The summed E-state index contributed by atoms with van der Waals surface area (Å²) in [5.41, 5.74) is 0. The first-order valence-electron chi connectivity index (χ1n) is 1.01. The van der Waals surface area contributed by atoms with Crippen LogP contribution in [0.15, 0.2) is 0 Å². The summed E-state index contributed by atoms with van der Waals surface area (Å²) < 4.78 is 0. The van der Waals surface area contributed by atoms with E-state index in [0.29, 0.717) is 0 Å². The van der Waals surface area contributed by atoms with E-state index in [1.807, 2.05) is 0 Å². The van der Waals surface area contributed by atoms with E-state index in [9.17, 15) is 0 Å². The molecule has 6 heteroatoms. The number of rotatable bonds is 0. The Kier molecular flexibility index (Phi) is 38.7. The molecule has 0 aromatic carbocycles. The zero-order valence-electron chi connectivity index (χ0n) is 3.51. The van der Waals surface area contributed by atoms with Crippen LogP contribution in [-0.2, 0) is 19.5 Å². The molecule has 0 rings (SSSR count). The Morgan fingerprint density at radius 2 is 1.57 bits per heavy atom. The van der Waals surface area contributed by atoms with E-state index in [-0.39, 0.29) is 19.5 Å². The molecule has 0 saturated carbocycles. The third-order valence-corrected chi connectivity index (χ3v) is 0. The van der Waals surface area contributed by atoms with Crippen LogP contribution in [0.1, 0.15) is 0 Å². The second-order valence-electron chi connectivity index (χ2n) is 0.238. The normalized spacial score (nSPS) is 4.29. The molecular formula is CH5NO4Ru. The van der Waals surface area contributed by atoms with Crippen LogP contribution >= 0.6 is 0 Å². The van der Waals surface area contributed by atoms with Crippen molar-refractivity contribution in [3.63, 3.8) is 0 Å². The van der Waals surface area contributed by atoms with Gasteiger partial charge in [-0.1, -0.05) is 0 Å². The van der Waals surface area contributed by atoms with Crippen molar-refractivity contribution in [2.45, 2.75) is 0 Å². The number of hydrogen-bond donors (Lipinski definition) is 2. The third kappa shape index (κ3) is 1760. The van der Waals surface area contributed by atoms with Crippen molar-refractivity contribution in [1.29, 1.82) is 0 Å².